The summed E-state index contributed by atoms with van der Waals surface area (Å²) in [5.74, 6) is 1.55. The molecule has 2 amide bonds. The van der Waals surface area contributed by atoms with Gasteiger partial charge in [0, 0.05) is 31.7 Å². The summed E-state index contributed by atoms with van der Waals surface area (Å²) < 4.78 is 16.4. The highest BCUT2D eigenvalue weighted by atomic mass is 16.5. The predicted octanol–water partition coefficient (Wildman–Crippen LogP) is 2.68. The van der Waals surface area contributed by atoms with Crippen LogP contribution < -0.4 is 4.74 Å². The van der Waals surface area contributed by atoms with Crippen LogP contribution in [0.15, 0.2) is 47.1 Å². The lowest BCUT2D eigenvalue weighted by molar-refractivity contribution is 0.0303. The molecule has 29 heavy (non-hydrogen) atoms. The Morgan fingerprint density at radius 2 is 1.62 bits per heavy atom. The van der Waals surface area contributed by atoms with E-state index < -0.39 is 0 Å². The molecule has 2 saturated heterocycles. The third-order valence-corrected chi connectivity index (χ3v) is 5.52. The first-order chi connectivity index (χ1) is 14.2. The molecule has 2 fully saturated rings. The van der Waals surface area contributed by atoms with Crippen LogP contribution in [0, 0.1) is 5.92 Å². The van der Waals surface area contributed by atoms with E-state index in [0.717, 1.165) is 18.6 Å². The molecule has 7 heteroatoms. The first-order valence-corrected chi connectivity index (χ1v) is 10.1. The molecule has 0 unspecified atom stereocenters. The lowest BCUT2D eigenvalue weighted by atomic mass is 9.97. The van der Waals surface area contributed by atoms with Gasteiger partial charge < -0.3 is 23.7 Å². The minimum absolute atomic E-state index is 0.0356. The molecule has 0 spiro atoms. The normalized spacial score (nSPS) is 17.9. The van der Waals surface area contributed by atoms with Crippen LogP contribution in [0.2, 0.25) is 0 Å². The smallest absolute Gasteiger partial charge is 0.289 e. The Bertz CT molecular complexity index is 804. The maximum Gasteiger partial charge on any atom is 0.289 e. The largest absolute Gasteiger partial charge is 0.493 e. The van der Waals surface area contributed by atoms with Gasteiger partial charge in [0.2, 0.25) is 0 Å². The number of rotatable bonds is 5. The predicted molar refractivity (Wildman–Crippen MR) is 106 cm³/mol. The number of hydrogen-bond donors (Lipinski definition) is 0. The van der Waals surface area contributed by atoms with Gasteiger partial charge in [-0.15, -0.1) is 0 Å². The number of hydrogen-bond acceptors (Lipinski definition) is 5. The number of benzene rings is 1. The van der Waals surface area contributed by atoms with Gasteiger partial charge in [-0.05, 0) is 55.2 Å². The summed E-state index contributed by atoms with van der Waals surface area (Å²) in [6, 6.07) is 10.8. The number of carbonyl (C=O) groups is 2. The molecule has 7 nitrogen and oxygen atoms in total. The fraction of sp³-hybridized carbons (Fsp3) is 0.455. The molecule has 0 aliphatic carbocycles. The minimum Gasteiger partial charge on any atom is -0.493 e. The van der Waals surface area contributed by atoms with Crippen LogP contribution >= 0.6 is 0 Å². The number of nitrogens with zero attached hydrogens (tertiary/aromatic N) is 2. The summed E-state index contributed by atoms with van der Waals surface area (Å²) >= 11 is 0. The number of furan rings is 1. The van der Waals surface area contributed by atoms with Crippen LogP contribution in [0.4, 0.5) is 0 Å². The standard InChI is InChI=1S/C22H26N2O5/c25-21(24-11-14-27-15-12-24)18-3-5-19(6-4-18)29-16-17-7-9-23(10-8-17)22(26)20-2-1-13-28-20/h1-6,13,17H,7-12,14-16H2. The van der Waals surface area contributed by atoms with Crippen molar-refractivity contribution in [3.05, 3.63) is 54.0 Å². The molecule has 0 bridgehead atoms. The summed E-state index contributed by atoms with van der Waals surface area (Å²) in [5, 5.41) is 0. The Balaban J connectivity index is 1.22. The van der Waals surface area contributed by atoms with Crippen molar-refractivity contribution in [2.75, 3.05) is 46.0 Å². The monoisotopic (exact) mass is 398 g/mol. The average molecular weight is 398 g/mol. The van der Waals surface area contributed by atoms with Crippen molar-refractivity contribution >= 4 is 11.8 Å². The molecule has 0 N–H and O–H groups in total. The number of piperidine rings is 1. The van der Waals surface area contributed by atoms with Crippen LogP contribution in [-0.4, -0.2) is 67.6 Å². The molecule has 0 atom stereocenters. The van der Waals surface area contributed by atoms with E-state index in [0.29, 0.717) is 63.2 Å². The molecule has 0 radical (unpaired) electrons. The van der Waals surface area contributed by atoms with E-state index in [-0.39, 0.29) is 11.8 Å². The van der Waals surface area contributed by atoms with E-state index in [1.165, 1.54) is 6.26 Å². The fourth-order valence-corrected chi connectivity index (χ4v) is 3.72. The van der Waals surface area contributed by atoms with Gasteiger partial charge in [0.1, 0.15) is 5.75 Å². The van der Waals surface area contributed by atoms with Crippen molar-refractivity contribution in [1.82, 2.24) is 9.80 Å². The number of carbonyl (C=O) groups excluding carboxylic acids is 2. The zero-order valence-corrected chi connectivity index (χ0v) is 16.4. The first kappa shape index (κ1) is 19.5. The molecule has 1 aromatic carbocycles. The van der Waals surface area contributed by atoms with Crippen molar-refractivity contribution in [2.45, 2.75) is 12.8 Å². The summed E-state index contributed by atoms with van der Waals surface area (Å²) in [7, 11) is 0. The summed E-state index contributed by atoms with van der Waals surface area (Å²) in [4.78, 5) is 28.4. The van der Waals surface area contributed by atoms with Gasteiger partial charge in [-0.1, -0.05) is 0 Å². The molecule has 154 valence electrons. The Labute approximate surface area is 170 Å². The van der Waals surface area contributed by atoms with Gasteiger partial charge in [0.05, 0.1) is 26.1 Å². The quantitative estimate of drug-likeness (QED) is 0.774. The SMILES string of the molecule is O=C(c1ccc(OCC2CCN(C(=O)c3ccco3)CC2)cc1)N1CCOCC1. The van der Waals surface area contributed by atoms with Crippen LogP contribution in [-0.2, 0) is 4.74 Å². The minimum atomic E-state index is -0.0464. The van der Waals surface area contributed by atoms with Crippen molar-refractivity contribution in [3.8, 4) is 5.75 Å². The molecule has 0 saturated carbocycles. The van der Waals surface area contributed by atoms with Gasteiger partial charge >= 0.3 is 0 Å². The Kier molecular flexibility index (Phi) is 6.14. The third-order valence-electron chi connectivity index (χ3n) is 5.52. The summed E-state index contributed by atoms with van der Waals surface area (Å²) in [6.07, 6.45) is 3.33. The maximum atomic E-state index is 12.5. The second-order valence-electron chi connectivity index (χ2n) is 7.45. The topological polar surface area (TPSA) is 72.2 Å². The number of likely N-dealkylation sites (tertiary alicyclic amines) is 1. The fourth-order valence-electron chi connectivity index (χ4n) is 3.72. The van der Waals surface area contributed by atoms with Gasteiger partial charge in [-0.3, -0.25) is 9.59 Å². The maximum absolute atomic E-state index is 12.5. The lowest BCUT2D eigenvalue weighted by Gasteiger charge is -2.31. The molecule has 4 rings (SSSR count). The molecular formula is C22H26N2O5. The molecule has 2 aliphatic heterocycles. The number of morpholine rings is 1. The van der Waals surface area contributed by atoms with Crippen LogP contribution in [0.3, 0.4) is 0 Å². The third kappa shape index (κ3) is 4.79. The van der Waals surface area contributed by atoms with E-state index in [1.807, 2.05) is 34.1 Å². The van der Waals surface area contributed by atoms with Crippen molar-refractivity contribution in [1.29, 1.82) is 0 Å². The zero-order chi connectivity index (χ0) is 20.1. The van der Waals surface area contributed by atoms with Crippen LogP contribution in [0.25, 0.3) is 0 Å². The average Bonchev–Trinajstić information content (AvgIpc) is 3.33. The van der Waals surface area contributed by atoms with Crippen LogP contribution in [0.5, 0.6) is 5.75 Å². The Morgan fingerprint density at radius 1 is 0.931 bits per heavy atom. The highest BCUT2D eigenvalue weighted by molar-refractivity contribution is 5.94. The lowest BCUT2D eigenvalue weighted by Crippen LogP contribution is -2.40. The van der Waals surface area contributed by atoms with E-state index in [2.05, 4.69) is 0 Å². The van der Waals surface area contributed by atoms with Crippen molar-refractivity contribution < 1.29 is 23.5 Å². The van der Waals surface area contributed by atoms with Gasteiger partial charge in [-0.25, -0.2) is 0 Å². The highest BCUT2D eigenvalue weighted by Gasteiger charge is 2.25. The first-order valence-electron chi connectivity index (χ1n) is 10.1. The molecule has 3 heterocycles. The molecular weight excluding hydrogens is 372 g/mol. The van der Waals surface area contributed by atoms with Gasteiger partial charge in [-0.2, -0.15) is 0 Å². The molecule has 1 aromatic heterocycles. The van der Waals surface area contributed by atoms with E-state index in [1.54, 1.807) is 12.1 Å². The number of ether oxygens (including phenoxy) is 2. The Hall–Kier alpha value is -2.80. The second-order valence-corrected chi connectivity index (χ2v) is 7.45. The zero-order valence-electron chi connectivity index (χ0n) is 16.4. The van der Waals surface area contributed by atoms with Crippen LogP contribution in [0.1, 0.15) is 33.8 Å². The number of amides is 2. The highest BCUT2D eigenvalue weighted by Crippen LogP contribution is 2.21. The van der Waals surface area contributed by atoms with Gasteiger partial charge in [0.15, 0.2) is 5.76 Å². The van der Waals surface area contributed by atoms with E-state index >= 15 is 0 Å². The van der Waals surface area contributed by atoms with Crippen molar-refractivity contribution in [2.24, 2.45) is 5.92 Å². The molecule has 2 aliphatic rings. The second kappa shape index (κ2) is 9.13. The van der Waals surface area contributed by atoms with E-state index in [4.69, 9.17) is 13.9 Å². The van der Waals surface area contributed by atoms with E-state index in [9.17, 15) is 9.59 Å². The molecule has 2 aromatic rings. The van der Waals surface area contributed by atoms with Gasteiger partial charge in [0.25, 0.3) is 11.8 Å². The van der Waals surface area contributed by atoms with Crippen molar-refractivity contribution in [3.63, 3.8) is 0 Å². The summed E-state index contributed by atoms with van der Waals surface area (Å²) in [6.45, 7) is 4.49. The Morgan fingerprint density at radius 3 is 2.28 bits per heavy atom. The summed E-state index contributed by atoms with van der Waals surface area (Å²) in [5.41, 5.74) is 0.670.